The van der Waals surface area contributed by atoms with Gasteiger partial charge in [0.1, 0.15) is 0 Å². The van der Waals surface area contributed by atoms with E-state index in [4.69, 9.17) is 4.74 Å². The fourth-order valence-corrected chi connectivity index (χ4v) is 5.28. The summed E-state index contributed by atoms with van der Waals surface area (Å²) in [7, 11) is -1.11. The van der Waals surface area contributed by atoms with Gasteiger partial charge in [-0.2, -0.15) is 0 Å². The Morgan fingerprint density at radius 3 is 2.58 bits per heavy atom. The van der Waals surface area contributed by atoms with Gasteiger partial charge in [-0.05, 0) is 49.6 Å². The Balaban J connectivity index is 1.64. The molecule has 26 heavy (non-hydrogen) atoms. The maximum Gasteiger partial charge on any atom is 0.0892 e. The van der Waals surface area contributed by atoms with Crippen LogP contribution in [0, 0.1) is 13.8 Å². The molecule has 4 rings (SSSR count). The summed E-state index contributed by atoms with van der Waals surface area (Å²) in [5, 5.41) is 0. The molecule has 2 aromatic carbocycles. The maximum atomic E-state index is 13.1. The van der Waals surface area contributed by atoms with Crippen molar-refractivity contribution in [2.24, 2.45) is 0 Å². The molecular formula is C21H26N2O2S. The van der Waals surface area contributed by atoms with Crippen molar-refractivity contribution in [3.8, 4) is 0 Å². The summed E-state index contributed by atoms with van der Waals surface area (Å²) < 4.78 is 18.5. The molecule has 1 atom stereocenters. The Hall–Kier alpha value is -1.69. The highest BCUT2D eigenvalue weighted by Gasteiger charge is 2.29. The van der Waals surface area contributed by atoms with Crippen molar-refractivity contribution in [2.45, 2.75) is 30.1 Å². The summed E-state index contributed by atoms with van der Waals surface area (Å²) in [4.78, 5) is 6.73. The number of fused-ring (bicyclic) bond motifs is 2. The molecule has 1 saturated heterocycles. The van der Waals surface area contributed by atoms with Gasteiger partial charge in [0.05, 0.1) is 45.2 Å². The number of rotatable bonds is 4. The molecule has 0 bridgehead atoms. The van der Waals surface area contributed by atoms with Gasteiger partial charge in [0.2, 0.25) is 0 Å². The number of hydrogen-bond donors (Lipinski definition) is 0. The lowest BCUT2D eigenvalue weighted by Crippen LogP contribution is -2.38. The highest BCUT2D eigenvalue weighted by atomic mass is 32.2. The van der Waals surface area contributed by atoms with E-state index in [1.807, 2.05) is 24.3 Å². The largest absolute Gasteiger partial charge is 0.379 e. The van der Waals surface area contributed by atoms with Crippen LogP contribution in [-0.4, -0.2) is 48.5 Å². The molecule has 0 aromatic heterocycles. The van der Waals surface area contributed by atoms with Gasteiger partial charge >= 0.3 is 0 Å². The average molecular weight is 371 g/mol. The molecule has 0 amide bonds. The lowest BCUT2D eigenvalue weighted by molar-refractivity contribution is 0.0377. The van der Waals surface area contributed by atoms with Gasteiger partial charge in [0.15, 0.2) is 0 Å². The molecule has 0 saturated carbocycles. The number of hydrogen-bond acceptors (Lipinski definition) is 4. The molecule has 0 spiro atoms. The van der Waals surface area contributed by atoms with E-state index < -0.39 is 10.8 Å². The van der Waals surface area contributed by atoms with Crippen LogP contribution in [0.1, 0.15) is 17.5 Å². The first kappa shape index (κ1) is 17.7. The molecule has 5 heteroatoms. The Kier molecular flexibility index (Phi) is 5.11. The SMILES string of the molecule is Cc1ccc2c(c1C)N(CCCN1CCOCC1)c1ccccc1S2=O. The number of anilines is 2. The van der Waals surface area contributed by atoms with E-state index in [9.17, 15) is 4.21 Å². The topological polar surface area (TPSA) is 32.8 Å². The minimum Gasteiger partial charge on any atom is -0.379 e. The van der Waals surface area contributed by atoms with Crippen LogP contribution >= 0.6 is 0 Å². The molecular weight excluding hydrogens is 344 g/mol. The van der Waals surface area contributed by atoms with E-state index in [2.05, 4.69) is 35.8 Å². The Morgan fingerprint density at radius 2 is 1.77 bits per heavy atom. The molecule has 2 aliphatic heterocycles. The van der Waals surface area contributed by atoms with Gasteiger partial charge in [0.25, 0.3) is 0 Å². The molecule has 4 nitrogen and oxygen atoms in total. The van der Waals surface area contributed by atoms with E-state index in [0.29, 0.717) is 0 Å². The molecule has 0 aliphatic carbocycles. The second-order valence-electron chi connectivity index (χ2n) is 7.05. The van der Waals surface area contributed by atoms with Crippen molar-refractivity contribution in [3.05, 3.63) is 47.5 Å². The van der Waals surface area contributed by atoms with Gasteiger partial charge in [0, 0.05) is 26.2 Å². The molecule has 2 aliphatic rings. The van der Waals surface area contributed by atoms with Crippen molar-refractivity contribution in [2.75, 3.05) is 44.3 Å². The maximum absolute atomic E-state index is 13.1. The summed E-state index contributed by atoms with van der Waals surface area (Å²) in [6.45, 7) is 10.0. The standard InChI is InChI=1S/C21H26N2O2S/c1-16-8-9-20-21(17(16)2)23(11-5-10-22-12-14-25-15-13-22)18-6-3-4-7-19(18)26(20)24/h3-4,6-9H,5,10-15H2,1-2H3. The summed E-state index contributed by atoms with van der Waals surface area (Å²) in [5.74, 6) is 0. The molecule has 2 heterocycles. The number of aryl methyl sites for hydroxylation is 1. The Labute approximate surface area is 158 Å². The summed E-state index contributed by atoms with van der Waals surface area (Å²) in [6.07, 6.45) is 1.08. The predicted octanol–water partition coefficient (Wildman–Crippen LogP) is 3.64. The zero-order valence-electron chi connectivity index (χ0n) is 15.5. The second kappa shape index (κ2) is 7.51. The highest BCUT2D eigenvalue weighted by Crippen LogP contribution is 2.44. The first-order chi connectivity index (χ1) is 12.7. The average Bonchev–Trinajstić information content (AvgIpc) is 2.68. The minimum absolute atomic E-state index is 0.840. The second-order valence-corrected chi connectivity index (χ2v) is 8.47. The fourth-order valence-electron chi connectivity index (χ4n) is 3.85. The van der Waals surface area contributed by atoms with Crippen LogP contribution in [0.4, 0.5) is 11.4 Å². The molecule has 138 valence electrons. The third kappa shape index (κ3) is 3.20. The third-order valence-corrected chi connectivity index (χ3v) is 6.92. The first-order valence-corrected chi connectivity index (χ1v) is 10.5. The smallest absolute Gasteiger partial charge is 0.0892 e. The number of ether oxygens (including phenoxy) is 1. The van der Waals surface area contributed by atoms with E-state index in [-0.39, 0.29) is 0 Å². The summed E-state index contributed by atoms with van der Waals surface area (Å²) in [5.41, 5.74) is 4.72. The van der Waals surface area contributed by atoms with Gasteiger partial charge in [-0.15, -0.1) is 0 Å². The molecule has 1 fully saturated rings. The van der Waals surface area contributed by atoms with Crippen LogP contribution < -0.4 is 4.90 Å². The molecule has 1 unspecified atom stereocenters. The van der Waals surface area contributed by atoms with Crippen molar-refractivity contribution in [1.82, 2.24) is 4.90 Å². The van der Waals surface area contributed by atoms with Crippen LogP contribution in [0.3, 0.4) is 0 Å². The van der Waals surface area contributed by atoms with Crippen molar-refractivity contribution < 1.29 is 8.95 Å². The van der Waals surface area contributed by atoms with Crippen LogP contribution in [-0.2, 0) is 15.5 Å². The zero-order chi connectivity index (χ0) is 18.1. The van der Waals surface area contributed by atoms with Crippen molar-refractivity contribution >= 4 is 22.2 Å². The number of morpholine rings is 1. The molecule has 2 aromatic rings. The number of benzene rings is 2. The lowest BCUT2D eigenvalue weighted by atomic mass is 10.1. The normalized spacial score (nSPS) is 19.9. The minimum atomic E-state index is -1.11. The van der Waals surface area contributed by atoms with Crippen LogP contribution in [0.2, 0.25) is 0 Å². The fraction of sp³-hybridized carbons (Fsp3) is 0.429. The van der Waals surface area contributed by atoms with E-state index in [1.54, 1.807) is 0 Å². The lowest BCUT2D eigenvalue weighted by Gasteiger charge is -2.35. The Bertz CT molecular complexity index is 831. The zero-order valence-corrected chi connectivity index (χ0v) is 16.3. The van der Waals surface area contributed by atoms with Crippen molar-refractivity contribution in [3.63, 3.8) is 0 Å². The van der Waals surface area contributed by atoms with Gasteiger partial charge < -0.3 is 9.64 Å². The quantitative estimate of drug-likeness (QED) is 0.823. The number of para-hydroxylation sites is 1. The third-order valence-electron chi connectivity index (χ3n) is 5.45. The van der Waals surface area contributed by atoms with Gasteiger partial charge in [-0.25, -0.2) is 4.21 Å². The summed E-state index contributed by atoms with van der Waals surface area (Å²) in [6, 6.07) is 12.3. The first-order valence-electron chi connectivity index (χ1n) is 9.35. The summed E-state index contributed by atoms with van der Waals surface area (Å²) >= 11 is 0. The van der Waals surface area contributed by atoms with E-state index in [0.717, 1.165) is 67.0 Å². The van der Waals surface area contributed by atoms with Gasteiger partial charge in [-0.3, -0.25) is 4.90 Å². The van der Waals surface area contributed by atoms with Crippen LogP contribution in [0.15, 0.2) is 46.2 Å². The monoisotopic (exact) mass is 370 g/mol. The van der Waals surface area contributed by atoms with Crippen LogP contribution in [0.5, 0.6) is 0 Å². The molecule has 0 radical (unpaired) electrons. The Morgan fingerprint density at radius 1 is 1.00 bits per heavy atom. The highest BCUT2D eigenvalue weighted by molar-refractivity contribution is 7.85. The van der Waals surface area contributed by atoms with Gasteiger partial charge in [-0.1, -0.05) is 18.2 Å². The predicted molar refractivity (Wildman–Crippen MR) is 106 cm³/mol. The van der Waals surface area contributed by atoms with E-state index in [1.165, 1.54) is 11.1 Å². The molecule has 0 N–H and O–H groups in total. The number of nitrogens with zero attached hydrogens (tertiary/aromatic N) is 2. The van der Waals surface area contributed by atoms with E-state index >= 15 is 0 Å². The van der Waals surface area contributed by atoms with Crippen molar-refractivity contribution in [1.29, 1.82) is 0 Å². The van der Waals surface area contributed by atoms with Crippen LogP contribution in [0.25, 0.3) is 0 Å².